The van der Waals surface area contributed by atoms with E-state index in [4.69, 9.17) is 0 Å². The van der Waals surface area contributed by atoms with Crippen LogP contribution in [-0.2, 0) is 6.42 Å². The number of thiazole rings is 1. The molecule has 4 heteroatoms. The van der Waals surface area contributed by atoms with Gasteiger partial charge in [0, 0.05) is 24.2 Å². The van der Waals surface area contributed by atoms with Gasteiger partial charge in [-0.1, -0.05) is 0 Å². The number of pyridine rings is 1. The van der Waals surface area contributed by atoms with Crippen molar-refractivity contribution < 1.29 is 5.11 Å². The second-order valence-electron chi connectivity index (χ2n) is 3.37. The Hall–Kier alpha value is -1.26. The van der Waals surface area contributed by atoms with Crippen LogP contribution >= 0.6 is 11.3 Å². The average Bonchev–Trinajstić information content (AvgIpc) is 2.66. The molecule has 0 aliphatic heterocycles. The lowest BCUT2D eigenvalue weighted by molar-refractivity contribution is 0.174. The summed E-state index contributed by atoms with van der Waals surface area (Å²) in [6, 6.07) is 3.81. The third-order valence-corrected chi connectivity index (χ3v) is 2.95. The number of rotatable bonds is 3. The molecule has 1 N–H and O–H groups in total. The van der Waals surface area contributed by atoms with Gasteiger partial charge in [0.25, 0.3) is 0 Å². The van der Waals surface area contributed by atoms with Crippen molar-refractivity contribution in [1.82, 2.24) is 9.97 Å². The zero-order valence-corrected chi connectivity index (χ0v) is 9.24. The molecule has 78 valence electrons. The minimum absolute atomic E-state index is 0.516. The van der Waals surface area contributed by atoms with Gasteiger partial charge in [-0.2, -0.15) is 0 Å². The van der Waals surface area contributed by atoms with Gasteiger partial charge >= 0.3 is 0 Å². The van der Waals surface area contributed by atoms with Crippen LogP contribution in [0.3, 0.4) is 0 Å². The van der Waals surface area contributed by atoms with Crippen molar-refractivity contribution in [3.8, 4) is 0 Å². The molecule has 0 radical (unpaired) electrons. The Morgan fingerprint density at radius 1 is 1.40 bits per heavy atom. The lowest BCUT2D eigenvalue weighted by Gasteiger charge is -2.06. The molecular weight excluding hydrogens is 208 g/mol. The van der Waals surface area contributed by atoms with Gasteiger partial charge in [-0.05, 0) is 24.6 Å². The first kappa shape index (κ1) is 10.3. The summed E-state index contributed by atoms with van der Waals surface area (Å²) < 4.78 is 0. The molecule has 0 aromatic carbocycles. The number of hydrogen-bond donors (Lipinski definition) is 1. The predicted molar refractivity (Wildman–Crippen MR) is 59.8 cm³/mol. The smallest absolute Gasteiger partial charge is 0.101 e. The third kappa shape index (κ3) is 2.61. The van der Waals surface area contributed by atoms with Gasteiger partial charge in [-0.25, -0.2) is 4.98 Å². The fourth-order valence-corrected chi connectivity index (χ4v) is 2.04. The van der Waals surface area contributed by atoms with Gasteiger partial charge in [0.1, 0.15) is 6.10 Å². The molecule has 1 unspecified atom stereocenters. The summed E-state index contributed by atoms with van der Waals surface area (Å²) in [5.74, 6) is 0. The van der Waals surface area contributed by atoms with Crippen molar-refractivity contribution in [1.29, 1.82) is 0 Å². The standard InChI is InChI=1S/C11H12N2OS/c1-8-13-10(7-15-8)11(14)6-9-2-4-12-5-3-9/h2-5,7,11,14H,6H2,1H3. The van der Waals surface area contributed by atoms with Crippen LogP contribution in [-0.4, -0.2) is 15.1 Å². The zero-order valence-electron chi connectivity index (χ0n) is 8.42. The number of aliphatic hydroxyl groups is 1. The third-order valence-electron chi connectivity index (χ3n) is 2.16. The van der Waals surface area contributed by atoms with Crippen molar-refractivity contribution in [3.05, 3.63) is 46.2 Å². The molecule has 0 amide bonds. The van der Waals surface area contributed by atoms with E-state index < -0.39 is 6.10 Å². The maximum absolute atomic E-state index is 9.91. The highest BCUT2D eigenvalue weighted by atomic mass is 32.1. The Kier molecular flexibility index (Phi) is 3.08. The van der Waals surface area contributed by atoms with E-state index in [0.29, 0.717) is 6.42 Å². The van der Waals surface area contributed by atoms with Gasteiger partial charge in [0.2, 0.25) is 0 Å². The summed E-state index contributed by atoms with van der Waals surface area (Å²) in [5, 5.41) is 12.8. The SMILES string of the molecule is Cc1nc(C(O)Cc2ccncc2)cs1. The Labute approximate surface area is 92.5 Å². The first-order chi connectivity index (χ1) is 7.25. The summed E-state index contributed by atoms with van der Waals surface area (Å²) in [4.78, 5) is 8.19. The maximum atomic E-state index is 9.91. The topological polar surface area (TPSA) is 46.0 Å². The lowest BCUT2D eigenvalue weighted by atomic mass is 10.1. The molecule has 2 rings (SSSR count). The molecule has 3 nitrogen and oxygen atoms in total. The molecule has 0 bridgehead atoms. The molecule has 0 aliphatic rings. The van der Waals surface area contributed by atoms with Gasteiger partial charge in [-0.15, -0.1) is 11.3 Å². The van der Waals surface area contributed by atoms with Crippen molar-refractivity contribution in [2.75, 3.05) is 0 Å². The first-order valence-corrected chi connectivity index (χ1v) is 5.62. The highest BCUT2D eigenvalue weighted by molar-refractivity contribution is 7.09. The molecule has 2 heterocycles. The minimum Gasteiger partial charge on any atom is -0.386 e. The summed E-state index contributed by atoms with van der Waals surface area (Å²) in [7, 11) is 0. The van der Waals surface area contributed by atoms with Gasteiger partial charge < -0.3 is 5.11 Å². The van der Waals surface area contributed by atoms with Crippen LogP contribution in [0.4, 0.5) is 0 Å². The van der Waals surface area contributed by atoms with E-state index in [1.807, 2.05) is 24.4 Å². The number of aryl methyl sites for hydroxylation is 1. The molecule has 0 saturated carbocycles. The summed E-state index contributed by atoms with van der Waals surface area (Å²) in [5.41, 5.74) is 1.83. The van der Waals surface area contributed by atoms with Crippen LogP contribution in [0, 0.1) is 6.92 Å². The molecule has 15 heavy (non-hydrogen) atoms. The van der Waals surface area contributed by atoms with Gasteiger partial charge in [0.15, 0.2) is 0 Å². The Balaban J connectivity index is 2.07. The Morgan fingerprint density at radius 3 is 2.73 bits per heavy atom. The lowest BCUT2D eigenvalue weighted by Crippen LogP contribution is -2.02. The summed E-state index contributed by atoms with van der Waals surface area (Å²) in [6.45, 7) is 1.94. The minimum atomic E-state index is -0.516. The molecule has 0 spiro atoms. The van der Waals surface area contributed by atoms with E-state index in [1.54, 1.807) is 23.7 Å². The molecule has 0 aliphatic carbocycles. The van der Waals surface area contributed by atoms with Crippen LogP contribution in [0.1, 0.15) is 22.4 Å². The second-order valence-corrected chi connectivity index (χ2v) is 4.43. The molecule has 2 aromatic rings. The van der Waals surface area contributed by atoms with Crippen molar-refractivity contribution in [2.24, 2.45) is 0 Å². The largest absolute Gasteiger partial charge is 0.386 e. The van der Waals surface area contributed by atoms with Crippen LogP contribution in [0.15, 0.2) is 29.9 Å². The monoisotopic (exact) mass is 220 g/mol. The fraction of sp³-hybridized carbons (Fsp3) is 0.273. The maximum Gasteiger partial charge on any atom is 0.101 e. The van der Waals surface area contributed by atoms with Crippen molar-refractivity contribution >= 4 is 11.3 Å². The van der Waals surface area contributed by atoms with E-state index in [2.05, 4.69) is 9.97 Å². The fourth-order valence-electron chi connectivity index (χ4n) is 1.38. The van der Waals surface area contributed by atoms with Crippen molar-refractivity contribution in [2.45, 2.75) is 19.4 Å². The Morgan fingerprint density at radius 2 is 2.13 bits per heavy atom. The Bertz CT molecular complexity index is 427. The van der Waals surface area contributed by atoms with E-state index in [1.165, 1.54) is 0 Å². The number of aliphatic hydroxyl groups excluding tert-OH is 1. The van der Waals surface area contributed by atoms with Crippen LogP contribution in [0.25, 0.3) is 0 Å². The van der Waals surface area contributed by atoms with Gasteiger partial charge in [0.05, 0.1) is 10.7 Å². The average molecular weight is 220 g/mol. The molecule has 1 atom stereocenters. The second kappa shape index (κ2) is 4.51. The highest BCUT2D eigenvalue weighted by Gasteiger charge is 2.11. The zero-order chi connectivity index (χ0) is 10.7. The highest BCUT2D eigenvalue weighted by Crippen LogP contribution is 2.19. The quantitative estimate of drug-likeness (QED) is 0.861. The van der Waals surface area contributed by atoms with Crippen LogP contribution in [0.5, 0.6) is 0 Å². The van der Waals surface area contributed by atoms with Crippen LogP contribution in [0.2, 0.25) is 0 Å². The molecular formula is C11H12N2OS. The van der Waals surface area contributed by atoms with Crippen LogP contribution < -0.4 is 0 Å². The number of aromatic nitrogens is 2. The van der Waals surface area contributed by atoms with Crippen molar-refractivity contribution in [3.63, 3.8) is 0 Å². The van der Waals surface area contributed by atoms with E-state index in [9.17, 15) is 5.11 Å². The molecule has 0 fully saturated rings. The molecule has 2 aromatic heterocycles. The van der Waals surface area contributed by atoms with E-state index in [0.717, 1.165) is 16.3 Å². The normalized spacial score (nSPS) is 12.7. The number of nitrogens with zero attached hydrogens (tertiary/aromatic N) is 2. The predicted octanol–water partition coefficient (Wildman–Crippen LogP) is 2.12. The molecule has 0 saturated heterocycles. The van der Waals surface area contributed by atoms with E-state index >= 15 is 0 Å². The summed E-state index contributed by atoms with van der Waals surface area (Å²) >= 11 is 1.56. The van der Waals surface area contributed by atoms with E-state index in [-0.39, 0.29) is 0 Å². The number of hydrogen-bond acceptors (Lipinski definition) is 4. The summed E-state index contributed by atoms with van der Waals surface area (Å²) in [6.07, 6.45) is 3.53. The first-order valence-electron chi connectivity index (χ1n) is 4.74. The van der Waals surface area contributed by atoms with Gasteiger partial charge in [-0.3, -0.25) is 4.98 Å².